The van der Waals surface area contributed by atoms with Gasteiger partial charge < -0.3 is 10.1 Å². The fraction of sp³-hybridized carbons (Fsp3) is 0.438. The highest BCUT2D eigenvalue weighted by atomic mass is 16.5. The maximum Gasteiger partial charge on any atom is 0.160 e. The molecule has 0 radical (unpaired) electrons. The molecule has 0 fully saturated rings. The van der Waals surface area contributed by atoms with E-state index < -0.39 is 0 Å². The van der Waals surface area contributed by atoms with Gasteiger partial charge in [-0.25, -0.2) is 9.97 Å². The van der Waals surface area contributed by atoms with Crippen molar-refractivity contribution in [2.45, 2.75) is 32.7 Å². The van der Waals surface area contributed by atoms with Gasteiger partial charge in [-0.3, -0.25) is 4.98 Å². The molecule has 21 heavy (non-hydrogen) atoms. The molecule has 0 aliphatic heterocycles. The number of nitrogens with one attached hydrogen (secondary N) is 1. The lowest BCUT2D eigenvalue weighted by molar-refractivity contribution is 0.312. The molecule has 0 aliphatic carbocycles. The molecule has 2 heterocycles. The van der Waals surface area contributed by atoms with E-state index in [1.807, 2.05) is 25.2 Å². The van der Waals surface area contributed by atoms with Gasteiger partial charge in [-0.2, -0.15) is 0 Å². The number of hydrogen-bond acceptors (Lipinski definition) is 5. The predicted molar refractivity (Wildman–Crippen MR) is 82.3 cm³/mol. The van der Waals surface area contributed by atoms with Gasteiger partial charge in [-0.05, 0) is 19.2 Å². The first-order chi connectivity index (χ1) is 10.2. The van der Waals surface area contributed by atoms with Crippen molar-refractivity contribution >= 4 is 0 Å². The van der Waals surface area contributed by atoms with E-state index >= 15 is 0 Å². The van der Waals surface area contributed by atoms with Crippen molar-refractivity contribution in [3.63, 3.8) is 0 Å². The fourth-order valence-corrected chi connectivity index (χ4v) is 1.93. The van der Waals surface area contributed by atoms with Crippen molar-refractivity contribution < 1.29 is 4.74 Å². The van der Waals surface area contributed by atoms with Crippen molar-refractivity contribution in [3.05, 3.63) is 47.8 Å². The van der Waals surface area contributed by atoms with Crippen molar-refractivity contribution in [2.75, 3.05) is 13.7 Å². The lowest BCUT2D eigenvalue weighted by Crippen LogP contribution is -2.13. The van der Waals surface area contributed by atoms with E-state index in [1.54, 1.807) is 12.4 Å². The van der Waals surface area contributed by atoms with Crippen LogP contribution in [0.15, 0.2) is 30.6 Å². The molecule has 112 valence electrons. The van der Waals surface area contributed by atoms with E-state index in [1.165, 1.54) is 0 Å². The maximum atomic E-state index is 5.82. The molecule has 0 atom stereocenters. The minimum atomic E-state index is 0.308. The summed E-state index contributed by atoms with van der Waals surface area (Å²) >= 11 is 0. The zero-order chi connectivity index (χ0) is 15.1. The Morgan fingerprint density at radius 1 is 1.24 bits per heavy atom. The molecule has 0 amide bonds. The largest absolute Gasteiger partial charge is 0.490 e. The summed E-state index contributed by atoms with van der Waals surface area (Å²) in [6.07, 6.45) is 4.33. The van der Waals surface area contributed by atoms with E-state index in [2.05, 4.69) is 34.1 Å². The first-order valence-electron chi connectivity index (χ1n) is 7.24. The van der Waals surface area contributed by atoms with Gasteiger partial charge in [-0.15, -0.1) is 0 Å². The molecule has 0 unspecified atom stereocenters. The summed E-state index contributed by atoms with van der Waals surface area (Å²) in [4.78, 5) is 13.2. The Kier molecular flexibility index (Phi) is 5.63. The monoisotopic (exact) mass is 286 g/mol. The summed E-state index contributed by atoms with van der Waals surface area (Å²) < 4.78 is 5.82. The van der Waals surface area contributed by atoms with Crippen LogP contribution in [0.3, 0.4) is 0 Å². The van der Waals surface area contributed by atoms with Crippen molar-refractivity contribution in [2.24, 2.45) is 0 Å². The average Bonchev–Trinajstić information content (AvgIpc) is 2.50. The van der Waals surface area contributed by atoms with E-state index in [0.29, 0.717) is 19.1 Å². The van der Waals surface area contributed by atoms with Crippen LogP contribution < -0.4 is 10.1 Å². The van der Waals surface area contributed by atoms with Crippen LogP contribution in [-0.4, -0.2) is 28.6 Å². The minimum absolute atomic E-state index is 0.308. The molecular formula is C16H22N4O. The number of nitrogens with zero attached hydrogens (tertiary/aromatic N) is 3. The van der Waals surface area contributed by atoms with Crippen molar-refractivity contribution in [3.8, 4) is 5.75 Å². The molecule has 0 saturated carbocycles. The van der Waals surface area contributed by atoms with Crippen LogP contribution in [0, 0.1) is 0 Å². The highest BCUT2D eigenvalue weighted by Crippen LogP contribution is 2.18. The van der Waals surface area contributed by atoms with E-state index in [9.17, 15) is 0 Å². The topological polar surface area (TPSA) is 59.9 Å². The Hall–Kier alpha value is -2.01. The third kappa shape index (κ3) is 4.49. The standard InChI is InChI=1S/C16H22N4O/c1-12(2)16-19-11-15(14(20-16)10-17-3)21-9-7-13-6-4-5-8-18-13/h4-6,8,11-12,17H,7,9-10H2,1-3H3. The van der Waals surface area contributed by atoms with Crippen LogP contribution in [-0.2, 0) is 13.0 Å². The number of ether oxygens (including phenoxy) is 1. The summed E-state index contributed by atoms with van der Waals surface area (Å²) in [5, 5.41) is 3.12. The number of hydrogen-bond donors (Lipinski definition) is 1. The Bertz CT molecular complexity index is 557. The second-order valence-electron chi connectivity index (χ2n) is 5.14. The van der Waals surface area contributed by atoms with Crippen LogP contribution in [0.4, 0.5) is 0 Å². The summed E-state index contributed by atoms with van der Waals surface area (Å²) in [5.74, 6) is 1.89. The summed E-state index contributed by atoms with van der Waals surface area (Å²) in [7, 11) is 1.90. The number of aromatic nitrogens is 3. The van der Waals surface area contributed by atoms with E-state index in [-0.39, 0.29) is 0 Å². The van der Waals surface area contributed by atoms with E-state index in [4.69, 9.17) is 4.74 Å². The first-order valence-corrected chi connectivity index (χ1v) is 7.24. The normalized spacial score (nSPS) is 10.9. The molecule has 5 heteroatoms. The second kappa shape index (κ2) is 7.69. The quantitative estimate of drug-likeness (QED) is 0.846. The summed E-state index contributed by atoms with van der Waals surface area (Å²) in [5.41, 5.74) is 1.92. The Labute approximate surface area is 125 Å². The zero-order valence-corrected chi connectivity index (χ0v) is 12.8. The number of rotatable bonds is 7. The third-order valence-electron chi connectivity index (χ3n) is 3.05. The average molecular weight is 286 g/mol. The van der Waals surface area contributed by atoms with Gasteiger partial charge in [0.1, 0.15) is 5.82 Å². The van der Waals surface area contributed by atoms with Gasteiger partial charge in [0.15, 0.2) is 5.75 Å². The molecule has 0 spiro atoms. The lowest BCUT2D eigenvalue weighted by atomic mass is 10.2. The molecular weight excluding hydrogens is 264 g/mol. The minimum Gasteiger partial charge on any atom is -0.490 e. The lowest BCUT2D eigenvalue weighted by Gasteiger charge is -2.12. The molecule has 0 aliphatic rings. The molecule has 2 aromatic heterocycles. The number of pyridine rings is 1. The van der Waals surface area contributed by atoms with Crippen molar-refractivity contribution in [1.29, 1.82) is 0 Å². The zero-order valence-electron chi connectivity index (χ0n) is 12.8. The highest BCUT2D eigenvalue weighted by molar-refractivity contribution is 5.25. The smallest absolute Gasteiger partial charge is 0.160 e. The molecule has 1 N–H and O–H groups in total. The maximum absolute atomic E-state index is 5.82. The Morgan fingerprint density at radius 2 is 2.10 bits per heavy atom. The van der Waals surface area contributed by atoms with Crippen LogP contribution in [0.2, 0.25) is 0 Å². The van der Waals surface area contributed by atoms with Crippen LogP contribution in [0.25, 0.3) is 0 Å². The van der Waals surface area contributed by atoms with Gasteiger partial charge in [0.05, 0.1) is 18.5 Å². The first kappa shape index (κ1) is 15.4. The van der Waals surface area contributed by atoms with Gasteiger partial charge >= 0.3 is 0 Å². The Balaban J connectivity index is 2.01. The molecule has 0 saturated heterocycles. The van der Waals surface area contributed by atoms with Crippen molar-refractivity contribution in [1.82, 2.24) is 20.3 Å². The van der Waals surface area contributed by atoms with Crippen LogP contribution in [0.1, 0.15) is 37.0 Å². The molecule has 2 rings (SSSR count). The van der Waals surface area contributed by atoms with Gasteiger partial charge in [0.2, 0.25) is 0 Å². The Morgan fingerprint density at radius 3 is 2.76 bits per heavy atom. The molecule has 0 bridgehead atoms. The SMILES string of the molecule is CNCc1nc(C(C)C)ncc1OCCc1ccccn1. The van der Waals surface area contributed by atoms with Crippen LogP contribution >= 0.6 is 0 Å². The highest BCUT2D eigenvalue weighted by Gasteiger charge is 2.10. The second-order valence-corrected chi connectivity index (χ2v) is 5.14. The predicted octanol–water partition coefficient (Wildman–Crippen LogP) is 2.34. The molecule has 0 aromatic carbocycles. The molecule has 2 aromatic rings. The summed E-state index contributed by atoms with van der Waals surface area (Å²) in [6.45, 7) is 5.40. The van der Waals surface area contributed by atoms with Crippen LogP contribution in [0.5, 0.6) is 5.75 Å². The van der Waals surface area contributed by atoms with Gasteiger partial charge in [-0.1, -0.05) is 19.9 Å². The van der Waals surface area contributed by atoms with E-state index in [0.717, 1.165) is 29.4 Å². The van der Waals surface area contributed by atoms with Gasteiger partial charge in [0, 0.05) is 30.8 Å². The third-order valence-corrected chi connectivity index (χ3v) is 3.05. The fourth-order valence-electron chi connectivity index (χ4n) is 1.93. The van der Waals surface area contributed by atoms with Gasteiger partial charge in [0.25, 0.3) is 0 Å². The summed E-state index contributed by atoms with van der Waals surface area (Å²) in [6, 6.07) is 5.89. The molecule has 5 nitrogen and oxygen atoms in total.